The van der Waals surface area contributed by atoms with Crippen molar-refractivity contribution in [1.29, 1.82) is 0 Å². The molecule has 0 saturated carbocycles. The summed E-state index contributed by atoms with van der Waals surface area (Å²) in [6, 6.07) is 10.6. The van der Waals surface area contributed by atoms with Gasteiger partial charge in [0, 0.05) is 11.8 Å². The predicted octanol–water partition coefficient (Wildman–Crippen LogP) is 3.71. The van der Waals surface area contributed by atoms with Crippen molar-refractivity contribution in [1.82, 2.24) is 0 Å². The second-order valence-electron chi connectivity index (χ2n) is 4.30. The van der Waals surface area contributed by atoms with Crippen LogP contribution in [0, 0.1) is 0 Å². The van der Waals surface area contributed by atoms with E-state index in [-0.39, 0.29) is 17.8 Å². The maximum absolute atomic E-state index is 11.8. The Balaban J connectivity index is 2.05. The Labute approximate surface area is 112 Å². The van der Waals surface area contributed by atoms with Gasteiger partial charge in [-0.15, -0.1) is 0 Å². The van der Waals surface area contributed by atoms with Crippen LogP contribution in [0.2, 0.25) is 0 Å². The quantitative estimate of drug-likeness (QED) is 0.890. The smallest absolute Gasteiger partial charge is 0.291 e. The lowest BCUT2D eigenvalue weighted by atomic mass is 10.2. The summed E-state index contributed by atoms with van der Waals surface area (Å²) in [7, 11) is 0. The number of carbonyl (C=O) groups excluding carboxylic acids is 1. The second kappa shape index (κ2) is 6.09. The van der Waals surface area contributed by atoms with Gasteiger partial charge in [-0.3, -0.25) is 4.79 Å². The van der Waals surface area contributed by atoms with Crippen molar-refractivity contribution in [2.75, 3.05) is 5.32 Å². The minimum atomic E-state index is -0.273. The number of ether oxygens (including phenoxy) is 1. The van der Waals surface area contributed by atoms with Crippen molar-refractivity contribution in [2.45, 2.75) is 26.4 Å². The van der Waals surface area contributed by atoms with Crippen LogP contribution in [-0.4, -0.2) is 12.0 Å². The molecule has 0 fully saturated rings. The highest BCUT2D eigenvalue weighted by Crippen LogP contribution is 2.19. The Hall–Kier alpha value is -2.23. The van der Waals surface area contributed by atoms with Crippen molar-refractivity contribution < 1.29 is 13.9 Å². The van der Waals surface area contributed by atoms with Crippen molar-refractivity contribution in [3.05, 3.63) is 48.4 Å². The molecular formula is C15H17NO3. The third kappa shape index (κ3) is 3.61. The molecule has 2 rings (SSSR count). The number of hydrogen-bond donors (Lipinski definition) is 1. The molecule has 19 heavy (non-hydrogen) atoms. The zero-order chi connectivity index (χ0) is 13.7. The van der Waals surface area contributed by atoms with Crippen LogP contribution in [0.25, 0.3) is 0 Å². The fraction of sp³-hybridized carbons (Fsp3) is 0.267. The number of nitrogens with one attached hydrogen (secondary N) is 1. The molecule has 4 nitrogen and oxygen atoms in total. The summed E-state index contributed by atoms with van der Waals surface area (Å²) >= 11 is 0. The fourth-order valence-corrected chi connectivity index (χ4v) is 1.56. The summed E-state index contributed by atoms with van der Waals surface area (Å²) in [6.45, 7) is 4.07. The molecule has 0 unspecified atom stereocenters. The molecule has 1 N–H and O–H groups in total. The molecule has 0 aliphatic heterocycles. The van der Waals surface area contributed by atoms with Crippen LogP contribution in [0.5, 0.6) is 5.75 Å². The van der Waals surface area contributed by atoms with Crippen LogP contribution in [0.3, 0.4) is 0 Å². The van der Waals surface area contributed by atoms with E-state index in [0.29, 0.717) is 5.69 Å². The van der Waals surface area contributed by atoms with Crippen LogP contribution in [0.1, 0.15) is 30.8 Å². The number of benzene rings is 1. The Morgan fingerprint density at radius 3 is 2.89 bits per heavy atom. The molecule has 1 aromatic carbocycles. The Bertz CT molecular complexity index is 534. The first-order chi connectivity index (χ1) is 9.19. The largest absolute Gasteiger partial charge is 0.491 e. The number of furan rings is 1. The molecule has 1 atom stereocenters. The fourth-order valence-electron chi connectivity index (χ4n) is 1.56. The number of anilines is 1. The van der Waals surface area contributed by atoms with E-state index in [4.69, 9.17) is 9.15 Å². The summed E-state index contributed by atoms with van der Waals surface area (Å²) < 4.78 is 10.7. The molecule has 0 saturated heterocycles. The topological polar surface area (TPSA) is 51.5 Å². The second-order valence-corrected chi connectivity index (χ2v) is 4.30. The predicted molar refractivity (Wildman–Crippen MR) is 73.5 cm³/mol. The van der Waals surface area contributed by atoms with E-state index < -0.39 is 0 Å². The third-order valence-corrected chi connectivity index (χ3v) is 2.75. The molecule has 0 aliphatic rings. The van der Waals surface area contributed by atoms with Gasteiger partial charge in [0.2, 0.25) is 0 Å². The first kappa shape index (κ1) is 13.2. The molecule has 0 aliphatic carbocycles. The molecule has 2 aromatic rings. The van der Waals surface area contributed by atoms with Gasteiger partial charge in [0.15, 0.2) is 5.76 Å². The van der Waals surface area contributed by atoms with Gasteiger partial charge in [-0.2, -0.15) is 0 Å². The SMILES string of the molecule is CC[C@@H](C)Oc1cccc(NC(=O)c2ccco2)c1. The third-order valence-electron chi connectivity index (χ3n) is 2.75. The first-order valence-corrected chi connectivity index (χ1v) is 6.30. The van der Waals surface area contributed by atoms with Crippen LogP contribution >= 0.6 is 0 Å². The van der Waals surface area contributed by atoms with E-state index in [1.807, 2.05) is 25.1 Å². The van der Waals surface area contributed by atoms with Crippen molar-refractivity contribution in [3.8, 4) is 5.75 Å². The monoisotopic (exact) mass is 259 g/mol. The summed E-state index contributed by atoms with van der Waals surface area (Å²) in [5.41, 5.74) is 0.683. The average molecular weight is 259 g/mol. The van der Waals surface area contributed by atoms with Crippen LogP contribution in [0.15, 0.2) is 47.1 Å². The number of hydrogen-bond acceptors (Lipinski definition) is 3. The van der Waals surface area contributed by atoms with Crippen LogP contribution < -0.4 is 10.1 Å². The maximum atomic E-state index is 11.8. The highest BCUT2D eigenvalue weighted by Gasteiger charge is 2.09. The summed E-state index contributed by atoms with van der Waals surface area (Å²) in [4.78, 5) is 11.8. The van der Waals surface area contributed by atoms with E-state index in [1.165, 1.54) is 6.26 Å². The molecule has 100 valence electrons. The molecule has 1 aromatic heterocycles. The van der Waals surface area contributed by atoms with Gasteiger partial charge in [-0.25, -0.2) is 0 Å². The first-order valence-electron chi connectivity index (χ1n) is 6.30. The van der Waals surface area contributed by atoms with Crippen molar-refractivity contribution in [3.63, 3.8) is 0 Å². The van der Waals surface area contributed by atoms with E-state index in [2.05, 4.69) is 12.2 Å². The molecule has 1 heterocycles. The molecular weight excluding hydrogens is 242 g/mol. The molecule has 0 spiro atoms. The van der Waals surface area contributed by atoms with Gasteiger partial charge in [0.1, 0.15) is 5.75 Å². The summed E-state index contributed by atoms with van der Waals surface area (Å²) in [6.07, 6.45) is 2.55. The maximum Gasteiger partial charge on any atom is 0.291 e. The van der Waals surface area contributed by atoms with Gasteiger partial charge in [0.05, 0.1) is 12.4 Å². The molecule has 0 radical (unpaired) electrons. The van der Waals surface area contributed by atoms with E-state index in [0.717, 1.165) is 12.2 Å². The number of rotatable bonds is 5. The van der Waals surface area contributed by atoms with Crippen molar-refractivity contribution >= 4 is 11.6 Å². The zero-order valence-corrected chi connectivity index (χ0v) is 11.1. The lowest BCUT2D eigenvalue weighted by Gasteiger charge is -2.13. The Morgan fingerprint density at radius 1 is 1.37 bits per heavy atom. The average Bonchev–Trinajstić information content (AvgIpc) is 2.93. The van der Waals surface area contributed by atoms with Gasteiger partial charge < -0.3 is 14.5 Å². The zero-order valence-electron chi connectivity index (χ0n) is 11.1. The standard InChI is InChI=1S/C15H17NO3/c1-3-11(2)19-13-7-4-6-12(10-13)16-15(17)14-8-5-9-18-14/h4-11H,3H2,1-2H3,(H,16,17)/t11-/m1/s1. The minimum Gasteiger partial charge on any atom is -0.491 e. The van der Waals surface area contributed by atoms with E-state index in [9.17, 15) is 4.79 Å². The van der Waals surface area contributed by atoms with Gasteiger partial charge in [-0.1, -0.05) is 13.0 Å². The molecule has 1 amide bonds. The lowest BCUT2D eigenvalue weighted by Crippen LogP contribution is -2.12. The minimum absolute atomic E-state index is 0.149. The highest BCUT2D eigenvalue weighted by molar-refractivity contribution is 6.02. The normalized spacial score (nSPS) is 11.9. The van der Waals surface area contributed by atoms with Crippen LogP contribution in [0.4, 0.5) is 5.69 Å². The molecule has 0 bridgehead atoms. The number of amides is 1. The molecule has 4 heteroatoms. The highest BCUT2D eigenvalue weighted by atomic mass is 16.5. The van der Waals surface area contributed by atoms with E-state index in [1.54, 1.807) is 18.2 Å². The lowest BCUT2D eigenvalue weighted by molar-refractivity contribution is 0.0996. The van der Waals surface area contributed by atoms with Gasteiger partial charge in [-0.05, 0) is 37.6 Å². The van der Waals surface area contributed by atoms with E-state index >= 15 is 0 Å². The Morgan fingerprint density at radius 2 is 2.21 bits per heavy atom. The Kier molecular flexibility index (Phi) is 4.23. The van der Waals surface area contributed by atoms with Crippen LogP contribution in [-0.2, 0) is 0 Å². The number of carbonyl (C=O) groups is 1. The van der Waals surface area contributed by atoms with Gasteiger partial charge >= 0.3 is 0 Å². The van der Waals surface area contributed by atoms with Gasteiger partial charge in [0.25, 0.3) is 5.91 Å². The summed E-state index contributed by atoms with van der Waals surface area (Å²) in [5, 5.41) is 2.76. The summed E-state index contributed by atoms with van der Waals surface area (Å²) in [5.74, 6) is 0.755. The van der Waals surface area contributed by atoms with Crippen molar-refractivity contribution in [2.24, 2.45) is 0 Å².